The summed E-state index contributed by atoms with van der Waals surface area (Å²) in [5.41, 5.74) is 1.05. The lowest BCUT2D eigenvalue weighted by Crippen LogP contribution is -2.03. The average molecular weight is 261 g/mol. The van der Waals surface area contributed by atoms with Gasteiger partial charge in [0, 0.05) is 16.2 Å². The molecule has 1 nitrogen and oxygen atoms in total. The SMILES string of the molecule is CSc1cc(CC(=O)CCl)cc(SC)c1. The number of halogens is 1. The van der Waals surface area contributed by atoms with Crippen molar-refractivity contribution in [1.29, 1.82) is 0 Å². The second-order valence-corrected chi connectivity index (χ2v) is 5.10. The zero-order chi connectivity index (χ0) is 11.3. The van der Waals surface area contributed by atoms with E-state index in [4.69, 9.17) is 11.6 Å². The van der Waals surface area contributed by atoms with Crippen molar-refractivity contribution >= 4 is 40.9 Å². The molecule has 0 atom stereocenters. The molecule has 1 aromatic rings. The number of thioether (sulfide) groups is 2. The number of Topliss-reactive ketones (excluding diaryl/α,β-unsaturated/α-hetero) is 1. The summed E-state index contributed by atoms with van der Waals surface area (Å²) in [6.07, 6.45) is 4.50. The highest BCUT2D eigenvalue weighted by Crippen LogP contribution is 2.24. The van der Waals surface area contributed by atoms with Gasteiger partial charge in [0.15, 0.2) is 5.78 Å². The first kappa shape index (κ1) is 12.9. The van der Waals surface area contributed by atoms with Crippen molar-refractivity contribution in [1.82, 2.24) is 0 Å². The van der Waals surface area contributed by atoms with E-state index in [1.807, 2.05) is 12.5 Å². The fraction of sp³-hybridized carbons (Fsp3) is 0.364. The Morgan fingerprint density at radius 2 is 1.73 bits per heavy atom. The summed E-state index contributed by atoms with van der Waals surface area (Å²) in [4.78, 5) is 13.6. The molecule has 0 amide bonds. The van der Waals surface area contributed by atoms with Crippen molar-refractivity contribution in [2.75, 3.05) is 18.4 Å². The third kappa shape index (κ3) is 4.09. The molecule has 4 heteroatoms. The summed E-state index contributed by atoms with van der Waals surface area (Å²) in [6, 6.07) is 6.23. The van der Waals surface area contributed by atoms with Crippen molar-refractivity contribution in [3.05, 3.63) is 23.8 Å². The van der Waals surface area contributed by atoms with Crippen molar-refractivity contribution < 1.29 is 4.79 Å². The highest BCUT2D eigenvalue weighted by molar-refractivity contribution is 7.99. The minimum Gasteiger partial charge on any atom is -0.298 e. The molecule has 1 aromatic carbocycles. The van der Waals surface area contributed by atoms with Gasteiger partial charge in [-0.05, 0) is 36.3 Å². The van der Waals surface area contributed by atoms with Crippen LogP contribution in [-0.2, 0) is 11.2 Å². The van der Waals surface area contributed by atoms with Crippen molar-refractivity contribution in [3.63, 3.8) is 0 Å². The first-order chi connectivity index (χ1) is 7.19. The van der Waals surface area contributed by atoms with Gasteiger partial charge < -0.3 is 0 Å². The predicted octanol–water partition coefficient (Wildman–Crippen LogP) is 3.48. The lowest BCUT2D eigenvalue weighted by Gasteiger charge is -2.05. The van der Waals surface area contributed by atoms with Gasteiger partial charge in [0.05, 0.1) is 5.88 Å². The third-order valence-corrected chi connectivity index (χ3v) is 3.67. The Kier molecular flexibility index (Phi) is 5.58. The molecule has 0 spiro atoms. The van der Waals surface area contributed by atoms with Gasteiger partial charge in [-0.3, -0.25) is 4.79 Å². The second kappa shape index (κ2) is 6.46. The molecule has 0 fully saturated rings. The van der Waals surface area contributed by atoms with Crippen molar-refractivity contribution in [3.8, 4) is 0 Å². The topological polar surface area (TPSA) is 17.1 Å². The summed E-state index contributed by atoms with van der Waals surface area (Å²) in [7, 11) is 0. The van der Waals surface area contributed by atoms with E-state index in [2.05, 4.69) is 18.2 Å². The van der Waals surface area contributed by atoms with Crippen LogP contribution in [0.15, 0.2) is 28.0 Å². The molecular formula is C11H13ClOS2. The largest absolute Gasteiger partial charge is 0.298 e. The van der Waals surface area contributed by atoms with E-state index < -0.39 is 0 Å². The van der Waals surface area contributed by atoms with Crippen LogP contribution >= 0.6 is 35.1 Å². The van der Waals surface area contributed by atoms with Gasteiger partial charge in [-0.15, -0.1) is 35.1 Å². The maximum absolute atomic E-state index is 11.2. The fourth-order valence-corrected chi connectivity index (χ4v) is 2.44. The van der Waals surface area contributed by atoms with Gasteiger partial charge in [0.1, 0.15) is 0 Å². The number of rotatable bonds is 5. The van der Waals surface area contributed by atoms with Crippen LogP contribution < -0.4 is 0 Å². The molecule has 0 saturated heterocycles. The van der Waals surface area contributed by atoms with E-state index in [1.165, 1.54) is 9.79 Å². The lowest BCUT2D eigenvalue weighted by molar-refractivity contribution is -0.116. The Bertz CT molecular complexity index is 330. The maximum Gasteiger partial charge on any atom is 0.151 e. The van der Waals surface area contributed by atoms with Crippen LogP contribution in [-0.4, -0.2) is 24.2 Å². The van der Waals surface area contributed by atoms with Crippen LogP contribution in [0, 0.1) is 0 Å². The fourth-order valence-electron chi connectivity index (χ4n) is 1.24. The quantitative estimate of drug-likeness (QED) is 0.596. The van der Waals surface area contributed by atoms with Gasteiger partial charge in [-0.25, -0.2) is 0 Å². The summed E-state index contributed by atoms with van der Waals surface area (Å²) in [5, 5.41) is 0. The minimum atomic E-state index is 0.0713. The Labute approximate surface area is 104 Å². The molecular weight excluding hydrogens is 248 g/mol. The highest BCUT2D eigenvalue weighted by Gasteiger charge is 2.05. The summed E-state index contributed by atoms with van der Waals surface area (Å²) in [5.74, 6) is 0.167. The van der Waals surface area contributed by atoms with E-state index in [0.29, 0.717) is 6.42 Å². The third-order valence-electron chi connectivity index (χ3n) is 1.96. The maximum atomic E-state index is 11.2. The molecule has 1 rings (SSSR count). The number of benzene rings is 1. The number of hydrogen-bond donors (Lipinski definition) is 0. The van der Waals surface area contributed by atoms with Gasteiger partial charge in [0.2, 0.25) is 0 Å². The number of carbonyl (C=O) groups excluding carboxylic acids is 1. The first-order valence-corrected chi connectivity index (χ1v) is 7.47. The molecule has 0 heterocycles. The molecule has 15 heavy (non-hydrogen) atoms. The Morgan fingerprint density at radius 1 is 1.20 bits per heavy atom. The molecule has 0 saturated carbocycles. The number of alkyl halides is 1. The van der Waals surface area contributed by atoms with Crippen LogP contribution in [0.4, 0.5) is 0 Å². The smallest absolute Gasteiger partial charge is 0.151 e. The number of ketones is 1. The second-order valence-electron chi connectivity index (χ2n) is 3.07. The minimum absolute atomic E-state index is 0.0713. The van der Waals surface area contributed by atoms with Crippen LogP contribution in [0.2, 0.25) is 0 Å². The van der Waals surface area contributed by atoms with E-state index in [1.54, 1.807) is 23.5 Å². The summed E-state index contributed by atoms with van der Waals surface area (Å²) in [6.45, 7) is 0. The van der Waals surface area contributed by atoms with E-state index >= 15 is 0 Å². The number of carbonyl (C=O) groups is 1. The van der Waals surface area contributed by atoms with Gasteiger partial charge in [-0.1, -0.05) is 0 Å². The normalized spacial score (nSPS) is 10.3. The van der Waals surface area contributed by atoms with Gasteiger partial charge in [-0.2, -0.15) is 0 Å². The molecule has 82 valence electrons. The molecule has 0 unspecified atom stereocenters. The lowest BCUT2D eigenvalue weighted by atomic mass is 10.1. The van der Waals surface area contributed by atoms with Crippen LogP contribution in [0.5, 0.6) is 0 Å². The Morgan fingerprint density at radius 3 is 2.13 bits per heavy atom. The number of hydrogen-bond acceptors (Lipinski definition) is 3. The monoisotopic (exact) mass is 260 g/mol. The average Bonchev–Trinajstić information content (AvgIpc) is 2.28. The molecule has 0 aliphatic rings. The van der Waals surface area contributed by atoms with Crippen LogP contribution in [0.25, 0.3) is 0 Å². The molecule has 0 radical (unpaired) electrons. The predicted molar refractivity (Wildman–Crippen MR) is 69.4 cm³/mol. The Balaban J connectivity index is 2.91. The van der Waals surface area contributed by atoms with E-state index in [-0.39, 0.29) is 11.7 Å². The van der Waals surface area contributed by atoms with Gasteiger partial charge in [0.25, 0.3) is 0 Å². The van der Waals surface area contributed by atoms with Crippen molar-refractivity contribution in [2.24, 2.45) is 0 Å². The summed E-state index contributed by atoms with van der Waals surface area (Å²) < 4.78 is 0. The molecule has 0 aliphatic heterocycles. The molecule has 0 bridgehead atoms. The van der Waals surface area contributed by atoms with Crippen LogP contribution in [0.1, 0.15) is 5.56 Å². The molecule has 0 aromatic heterocycles. The highest BCUT2D eigenvalue weighted by atomic mass is 35.5. The van der Waals surface area contributed by atoms with Gasteiger partial charge >= 0.3 is 0 Å². The zero-order valence-electron chi connectivity index (χ0n) is 8.75. The van der Waals surface area contributed by atoms with E-state index in [0.717, 1.165) is 5.56 Å². The van der Waals surface area contributed by atoms with Crippen LogP contribution in [0.3, 0.4) is 0 Å². The molecule has 0 aliphatic carbocycles. The first-order valence-electron chi connectivity index (χ1n) is 4.49. The Hall–Kier alpha value is -0.120. The standard InChI is InChI=1S/C11H13ClOS2/c1-14-10-4-8(3-9(13)7-12)5-11(6-10)15-2/h4-6H,3,7H2,1-2H3. The van der Waals surface area contributed by atoms with E-state index in [9.17, 15) is 4.79 Å². The zero-order valence-corrected chi connectivity index (χ0v) is 11.1. The summed E-state index contributed by atoms with van der Waals surface area (Å²) >= 11 is 8.87. The molecule has 0 N–H and O–H groups in total. The van der Waals surface area contributed by atoms with Crippen molar-refractivity contribution in [2.45, 2.75) is 16.2 Å².